The second-order valence-corrected chi connectivity index (χ2v) is 2.95. The minimum absolute atomic E-state index is 0.0320. The molecule has 0 atom stereocenters. The first-order chi connectivity index (χ1) is 7.22. The molecule has 82 valence electrons. The minimum atomic E-state index is -0.0320. The number of carbonyl (C=O) groups excluding carboxylic acids is 1. The third-order valence-electron chi connectivity index (χ3n) is 1.73. The second-order valence-electron chi connectivity index (χ2n) is 2.95. The van der Waals surface area contributed by atoms with E-state index < -0.39 is 0 Å². The van der Waals surface area contributed by atoms with Crippen LogP contribution in [0, 0.1) is 0 Å². The van der Waals surface area contributed by atoms with Gasteiger partial charge in [-0.15, -0.1) is 0 Å². The van der Waals surface area contributed by atoms with Gasteiger partial charge < -0.3 is 16.0 Å². The van der Waals surface area contributed by atoms with Crippen molar-refractivity contribution in [2.45, 2.75) is 6.92 Å². The quantitative estimate of drug-likeness (QED) is 0.598. The standard InChI is InChI=1S/C9H15N5O/c1-7(15)11-3-4-12-9-5-8(10-2)13-6-14-9/h5-6H,3-4H2,1-2H3,(H,11,15)(H2,10,12,13,14). The summed E-state index contributed by atoms with van der Waals surface area (Å²) >= 11 is 0. The lowest BCUT2D eigenvalue weighted by Gasteiger charge is -2.06. The Kier molecular flexibility index (Phi) is 4.33. The van der Waals surface area contributed by atoms with Crippen molar-refractivity contribution in [1.29, 1.82) is 0 Å². The largest absolute Gasteiger partial charge is 0.373 e. The van der Waals surface area contributed by atoms with Gasteiger partial charge in [-0.1, -0.05) is 0 Å². The van der Waals surface area contributed by atoms with Gasteiger partial charge in [-0.25, -0.2) is 9.97 Å². The topological polar surface area (TPSA) is 78.9 Å². The van der Waals surface area contributed by atoms with Crippen molar-refractivity contribution in [1.82, 2.24) is 15.3 Å². The van der Waals surface area contributed by atoms with Crippen molar-refractivity contribution in [2.75, 3.05) is 30.8 Å². The fraction of sp³-hybridized carbons (Fsp3) is 0.444. The summed E-state index contributed by atoms with van der Waals surface area (Å²) in [5.74, 6) is 1.46. The molecule has 0 aliphatic heterocycles. The molecule has 0 radical (unpaired) electrons. The molecule has 1 heterocycles. The number of carbonyl (C=O) groups is 1. The Hall–Kier alpha value is -1.85. The summed E-state index contributed by atoms with van der Waals surface area (Å²) < 4.78 is 0. The Morgan fingerprint density at radius 3 is 2.73 bits per heavy atom. The lowest BCUT2D eigenvalue weighted by Crippen LogP contribution is -2.26. The minimum Gasteiger partial charge on any atom is -0.373 e. The van der Waals surface area contributed by atoms with Crippen molar-refractivity contribution in [2.24, 2.45) is 0 Å². The smallest absolute Gasteiger partial charge is 0.216 e. The molecule has 1 aromatic rings. The van der Waals surface area contributed by atoms with Crippen molar-refractivity contribution in [3.8, 4) is 0 Å². The van der Waals surface area contributed by atoms with Crippen LogP contribution in [-0.2, 0) is 4.79 Å². The van der Waals surface area contributed by atoms with Crippen LogP contribution in [0.4, 0.5) is 11.6 Å². The van der Waals surface area contributed by atoms with Gasteiger partial charge in [-0.05, 0) is 0 Å². The molecule has 0 fully saturated rings. The molecule has 1 rings (SSSR count). The molecule has 1 aromatic heterocycles. The molecule has 0 aliphatic rings. The van der Waals surface area contributed by atoms with Gasteiger partial charge in [-0.3, -0.25) is 4.79 Å². The molecule has 6 nitrogen and oxygen atoms in total. The van der Waals surface area contributed by atoms with Gasteiger partial charge in [0.1, 0.15) is 18.0 Å². The molecule has 0 unspecified atom stereocenters. The molecule has 15 heavy (non-hydrogen) atoms. The van der Waals surface area contributed by atoms with Crippen molar-refractivity contribution < 1.29 is 4.79 Å². The first kappa shape index (κ1) is 11.2. The normalized spacial score (nSPS) is 9.47. The summed E-state index contributed by atoms with van der Waals surface area (Å²) in [6, 6.07) is 1.80. The van der Waals surface area contributed by atoms with Gasteiger partial charge in [-0.2, -0.15) is 0 Å². The maximum absolute atomic E-state index is 10.6. The number of rotatable bonds is 5. The molecular weight excluding hydrogens is 194 g/mol. The Morgan fingerprint density at radius 2 is 2.07 bits per heavy atom. The highest BCUT2D eigenvalue weighted by atomic mass is 16.1. The first-order valence-electron chi connectivity index (χ1n) is 4.70. The van der Waals surface area contributed by atoms with Gasteiger partial charge in [0, 0.05) is 33.1 Å². The van der Waals surface area contributed by atoms with Crippen LogP contribution >= 0.6 is 0 Å². The van der Waals surface area contributed by atoms with E-state index >= 15 is 0 Å². The molecule has 0 aliphatic carbocycles. The maximum atomic E-state index is 10.6. The average molecular weight is 209 g/mol. The Morgan fingerprint density at radius 1 is 1.33 bits per heavy atom. The number of hydrogen-bond donors (Lipinski definition) is 3. The van der Waals surface area contributed by atoms with Gasteiger partial charge in [0.2, 0.25) is 5.91 Å². The van der Waals surface area contributed by atoms with Crippen LogP contribution in [0.15, 0.2) is 12.4 Å². The zero-order valence-electron chi connectivity index (χ0n) is 8.87. The van der Waals surface area contributed by atoms with Gasteiger partial charge in [0.15, 0.2) is 0 Å². The van der Waals surface area contributed by atoms with E-state index in [4.69, 9.17) is 0 Å². The monoisotopic (exact) mass is 209 g/mol. The van der Waals surface area contributed by atoms with Crippen LogP contribution in [0.25, 0.3) is 0 Å². The van der Waals surface area contributed by atoms with E-state index in [-0.39, 0.29) is 5.91 Å². The Labute approximate surface area is 88.5 Å². The van der Waals surface area contributed by atoms with E-state index in [0.29, 0.717) is 13.1 Å². The van der Waals surface area contributed by atoms with Crippen LogP contribution in [0.1, 0.15) is 6.92 Å². The molecule has 3 N–H and O–H groups in total. The number of nitrogens with one attached hydrogen (secondary N) is 3. The first-order valence-corrected chi connectivity index (χ1v) is 4.70. The molecule has 0 saturated carbocycles. The maximum Gasteiger partial charge on any atom is 0.216 e. The summed E-state index contributed by atoms with van der Waals surface area (Å²) in [7, 11) is 1.80. The van der Waals surface area contributed by atoms with Crippen molar-refractivity contribution >= 4 is 17.5 Å². The van der Waals surface area contributed by atoms with E-state index in [1.807, 2.05) is 0 Å². The third kappa shape index (κ3) is 4.26. The number of hydrogen-bond acceptors (Lipinski definition) is 5. The highest BCUT2D eigenvalue weighted by molar-refractivity contribution is 5.72. The third-order valence-corrected chi connectivity index (χ3v) is 1.73. The highest BCUT2D eigenvalue weighted by Crippen LogP contribution is 2.06. The fourth-order valence-corrected chi connectivity index (χ4v) is 1.02. The Bertz CT molecular complexity index is 328. The molecule has 1 amide bonds. The van der Waals surface area contributed by atoms with E-state index in [1.165, 1.54) is 13.3 Å². The average Bonchev–Trinajstić information content (AvgIpc) is 2.24. The van der Waals surface area contributed by atoms with Gasteiger partial charge in [0.05, 0.1) is 0 Å². The van der Waals surface area contributed by atoms with Crippen molar-refractivity contribution in [3.05, 3.63) is 12.4 Å². The lowest BCUT2D eigenvalue weighted by molar-refractivity contribution is -0.118. The number of amides is 1. The Balaban J connectivity index is 2.33. The van der Waals surface area contributed by atoms with Crippen molar-refractivity contribution in [3.63, 3.8) is 0 Å². The summed E-state index contributed by atoms with van der Waals surface area (Å²) in [5.41, 5.74) is 0. The second kappa shape index (κ2) is 5.79. The van der Waals surface area contributed by atoms with Crippen LogP contribution in [0.2, 0.25) is 0 Å². The molecule has 0 aromatic carbocycles. The molecule has 6 heteroatoms. The summed E-state index contributed by atoms with van der Waals surface area (Å²) in [4.78, 5) is 18.6. The van der Waals surface area contributed by atoms with E-state index in [1.54, 1.807) is 13.1 Å². The highest BCUT2D eigenvalue weighted by Gasteiger charge is 1.96. The SMILES string of the molecule is CNc1cc(NCCNC(C)=O)ncn1. The summed E-state index contributed by atoms with van der Waals surface area (Å²) in [6.07, 6.45) is 1.48. The molecular formula is C9H15N5O. The zero-order chi connectivity index (χ0) is 11.1. The van der Waals surface area contributed by atoms with Crippen LogP contribution < -0.4 is 16.0 Å². The summed E-state index contributed by atoms with van der Waals surface area (Å²) in [6.45, 7) is 2.71. The predicted molar refractivity (Wildman–Crippen MR) is 58.8 cm³/mol. The lowest BCUT2D eigenvalue weighted by atomic mass is 10.5. The van der Waals surface area contributed by atoms with Gasteiger partial charge >= 0.3 is 0 Å². The number of anilines is 2. The van der Waals surface area contributed by atoms with E-state index in [2.05, 4.69) is 25.9 Å². The molecule has 0 spiro atoms. The zero-order valence-corrected chi connectivity index (χ0v) is 8.87. The van der Waals surface area contributed by atoms with Gasteiger partial charge in [0.25, 0.3) is 0 Å². The molecule has 0 saturated heterocycles. The van der Waals surface area contributed by atoms with Crippen LogP contribution in [-0.4, -0.2) is 36.0 Å². The predicted octanol–water partition coefficient (Wildman–Crippen LogP) is 0.0663. The number of nitrogens with zero attached hydrogens (tertiary/aromatic N) is 2. The number of aromatic nitrogens is 2. The molecule has 0 bridgehead atoms. The van der Waals surface area contributed by atoms with Crippen LogP contribution in [0.5, 0.6) is 0 Å². The van der Waals surface area contributed by atoms with Crippen LogP contribution in [0.3, 0.4) is 0 Å². The fourth-order valence-electron chi connectivity index (χ4n) is 1.02. The van der Waals surface area contributed by atoms with E-state index in [0.717, 1.165) is 11.6 Å². The van der Waals surface area contributed by atoms with E-state index in [9.17, 15) is 4.79 Å². The summed E-state index contributed by atoms with van der Waals surface area (Å²) in [5, 5.41) is 8.67.